The molecule has 0 radical (unpaired) electrons. The second-order valence-corrected chi connectivity index (χ2v) is 6.26. The van der Waals surface area contributed by atoms with Crippen LogP contribution in [0.25, 0.3) is 0 Å². The standard InChI is InChI=1S/C14H12N2O3S/c1-2-20(17,18)13-6-7-14(16-10-13)19-12-5-3-4-11(8-12)9-15/h3-8,10H,2H2,1H3. The van der Waals surface area contributed by atoms with Crippen LogP contribution in [0.2, 0.25) is 0 Å². The first-order valence-electron chi connectivity index (χ1n) is 5.92. The molecule has 2 rings (SSSR count). The Kier molecular flexibility index (Phi) is 4.01. The van der Waals surface area contributed by atoms with E-state index in [9.17, 15) is 8.42 Å². The van der Waals surface area contributed by atoms with Gasteiger partial charge in [0.15, 0.2) is 9.84 Å². The van der Waals surface area contributed by atoms with Crippen molar-refractivity contribution in [3.8, 4) is 17.7 Å². The summed E-state index contributed by atoms with van der Waals surface area (Å²) in [5, 5.41) is 8.79. The van der Waals surface area contributed by atoms with Crippen LogP contribution in [-0.4, -0.2) is 19.2 Å². The molecule has 20 heavy (non-hydrogen) atoms. The van der Waals surface area contributed by atoms with Gasteiger partial charge in [-0.05, 0) is 24.3 Å². The average molecular weight is 288 g/mol. The Morgan fingerprint density at radius 1 is 1.30 bits per heavy atom. The summed E-state index contributed by atoms with van der Waals surface area (Å²) in [6, 6.07) is 11.6. The third kappa shape index (κ3) is 3.13. The van der Waals surface area contributed by atoms with Crippen LogP contribution in [0.4, 0.5) is 0 Å². The predicted molar refractivity (Wildman–Crippen MR) is 73.2 cm³/mol. The molecule has 0 unspecified atom stereocenters. The molecule has 1 aromatic heterocycles. The summed E-state index contributed by atoms with van der Waals surface area (Å²) in [6.07, 6.45) is 1.27. The molecule has 0 N–H and O–H groups in total. The summed E-state index contributed by atoms with van der Waals surface area (Å²) in [5.74, 6) is 0.775. The molecule has 0 bridgehead atoms. The Balaban J connectivity index is 2.21. The molecule has 1 aromatic carbocycles. The van der Waals surface area contributed by atoms with Crippen molar-refractivity contribution in [2.24, 2.45) is 0 Å². The maximum absolute atomic E-state index is 11.6. The highest BCUT2D eigenvalue weighted by Crippen LogP contribution is 2.21. The summed E-state index contributed by atoms with van der Waals surface area (Å²) in [7, 11) is -3.26. The zero-order valence-electron chi connectivity index (χ0n) is 10.8. The molecule has 0 fully saturated rings. The molecule has 0 saturated carbocycles. The van der Waals surface area contributed by atoms with E-state index in [4.69, 9.17) is 10.00 Å². The fraction of sp³-hybridized carbons (Fsp3) is 0.143. The van der Waals surface area contributed by atoms with E-state index in [0.29, 0.717) is 11.3 Å². The molecule has 0 aliphatic rings. The van der Waals surface area contributed by atoms with E-state index in [2.05, 4.69) is 4.98 Å². The van der Waals surface area contributed by atoms with E-state index >= 15 is 0 Å². The number of hydrogen-bond donors (Lipinski definition) is 0. The van der Waals surface area contributed by atoms with Gasteiger partial charge in [0.2, 0.25) is 5.88 Å². The van der Waals surface area contributed by atoms with Gasteiger partial charge in [0, 0.05) is 12.3 Å². The minimum absolute atomic E-state index is 0.0269. The van der Waals surface area contributed by atoms with E-state index in [1.54, 1.807) is 31.2 Å². The SMILES string of the molecule is CCS(=O)(=O)c1ccc(Oc2cccc(C#N)c2)nc1. The molecule has 0 spiro atoms. The van der Waals surface area contributed by atoms with Crippen LogP contribution in [0.15, 0.2) is 47.5 Å². The van der Waals surface area contributed by atoms with E-state index in [1.807, 2.05) is 6.07 Å². The first kappa shape index (κ1) is 14.0. The highest BCUT2D eigenvalue weighted by atomic mass is 32.2. The maximum Gasteiger partial charge on any atom is 0.219 e. The number of nitrogens with zero attached hydrogens (tertiary/aromatic N) is 2. The van der Waals surface area contributed by atoms with Crippen molar-refractivity contribution in [3.05, 3.63) is 48.2 Å². The number of sulfone groups is 1. The minimum Gasteiger partial charge on any atom is -0.439 e. The third-order valence-electron chi connectivity index (χ3n) is 2.63. The van der Waals surface area contributed by atoms with Crippen molar-refractivity contribution in [1.82, 2.24) is 4.98 Å². The average Bonchev–Trinajstić information content (AvgIpc) is 2.48. The molecule has 0 aliphatic carbocycles. The fourth-order valence-corrected chi connectivity index (χ4v) is 2.35. The monoisotopic (exact) mass is 288 g/mol. The van der Waals surface area contributed by atoms with Gasteiger partial charge in [-0.3, -0.25) is 0 Å². The van der Waals surface area contributed by atoms with Gasteiger partial charge >= 0.3 is 0 Å². The molecule has 1 heterocycles. The van der Waals surface area contributed by atoms with Crippen LogP contribution < -0.4 is 4.74 Å². The van der Waals surface area contributed by atoms with Crippen LogP contribution in [-0.2, 0) is 9.84 Å². The summed E-state index contributed by atoms with van der Waals surface area (Å²) >= 11 is 0. The van der Waals surface area contributed by atoms with Gasteiger partial charge in [-0.1, -0.05) is 13.0 Å². The Morgan fingerprint density at radius 2 is 2.10 bits per heavy atom. The number of benzene rings is 1. The van der Waals surface area contributed by atoms with Crippen LogP contribution in [0, 0.1) is 11.3 Å². The lowest BCUT2D eigenvalue weighted by atomic mass is 10.2. The topological polar surface area (TPSA) is 80.0 Å². The van der Waals surface area contributed by atoms with Gasteiger partial charge in [0.1, 0.15) is 5.75 Å². The predicted octanol–water partition coefficient (Wildman–Crippen LogP) is 2.54. The van der Waals surface area contributed by atoms with Crippen molar-refractivity contribution < 1.29 is 13.2 Å². The molecular formula is C14H12N2O3S. The van der Waals surface area contributed by atoms with E-state index < -0.39 is 9.84 Å². The van der Waals surface area contributed by atoms with Gasteiger partial charge in [0.05, 0.1) is 22.3 Å². The Morgan fingerprint density at radius 3 is 2.70 bits per heavy atom. The first-order valence-corrected chi connectivity index (χ1v) is 7.57. The van der Waals surface area contributed by atoms with E-state index in [0.717, 1.165) is 0 Å². The number of pyridine rings is 1. The lowest BCUT2D eigenvalue weighted by Crippen LogP contribution is -2.04. The molecule has 0 aliphatic heterocycles. The highest BCUT2D eigenvalue weighted by molar-refractivity contribution is 7.91. The first-order chi connectivity index (χ1) is 9.55. The molecule has 2 aromatic rings. The summed E-state index contributed by atoms with van der Waals surface area (Å²) in [5.41, 5.74) is 0.479. The quantitative estimate of drug-likeness (QED) is 0.863. The minimum atomic E-state index is -3.26. The zero-order chi connectivity index (χ0) is 14.6. The molecule has 102 valence electrons. The van der Waals surface area contributed by atoms with Gasteiger partial charge < -0.3 is 4.74 Å². The number of rotatable bonds is 4. The van der Waals surface area contributed by atoms with Crippen LogP contribution >= 0.6 is 0 Å². The van der Waals surface area contributed by atoms with Gasteiger partial charge in [-0.15, -0.1) is 0 Å². The normalized spacial score (nSPS) is 10.8. The number of ether oxygens (including phenoxy) is 1. The van der Waals surface area contributed by atoms with Crippen LogP contribution in [0.3, 0.4) is 0 Å². The zero-order valence-corrected chi connectivity index (χ0v) is 11.6. The number of hydrogen-bond acceptors (Lipinski definition) is 5. The number of nitriles is 1. The summed E-state index contributed by atoms with van der Waals surface area (Å²) in [6.45, 7) is 1.58. The van der Waals surface area contributed by atoms with Crippen molar-refractivity contribution in [2.45, 2.75) is 11.8 Å². The van der Waals surface area contributed by atoms with Gasteiger partial charge in [-0.2, -0.15) is 5.26 Å². The molecule has 0 saturated heterocycles. The Labute approximate surface area is 117 Å². The van der Waals surface area contributed by atoms with Gasteiger partial charge in [0.25, 0.3) is 0 Å². The number of aromatic nitrogens is 1. The molecular weight excluding hydrogens is 276 g/mol. The summed E-state index contributed by atoms with van der Waals surface area (Å²) in [4.78, 5) is 4.12. The van der Waals surface area contributed by atoms with E-state index in [-0.39, 0.29) is 16.5 Å². The lowest BCUT2D eigenvalue weighted by molar-refractivity contribution is 0.462. The smallest absolute Gasteiger partial charge is 0.219 e. The largest absolute Gasteiger partial charge is 0.439 e. The Bertz CT molecular complexity index is 747. The molecule has 0 amide bonds. The maximum atomic E-state index is 11.6. The summed E-state index contributed by atoms with van der Waals surface area (Å²) < 4.78 is 28.7. The second-order valence-electron chi connectivity index (χ2n) is 3.98. The second kappa shape index (κ2) is 5.72. The lowest BCUT2D eigenvalue weighted by Gasteiger charge is -2.06. The van der Waals surface area contributed by atoms with Crippen LogP contribution in [0.5, 0.6) is 11.6 Å². The van der Waals surface area contributed by atoms with E-state index in [1.165, 1.54) is 18.3 Å². The molecule has 0 atom stereocenters. The third-order valence-corrected chi connectivity index (χ3v) is 4.35. The van der Waals surface area contributed by atoms with Crippen molar-refractivity contribution >= 4 is 9.84 Å². The van der Waals surface area contributed by atoms with Crippen molar-refractivity contribution in [2.75, 3.05) is 5.75 Å². The van der Waals surface area contributed by atoms with Crippen LogP contribution in [0.1, 0.15) is 12.5 Å². The molecule has 5 nitrogen and oxygen atoms in total. The van der Waals surface area contributed by atoms with Crippen molar-refractivity contribution in [1.29, 1.82) is 5.26 Å². The fourth-order valence-electron chi connectivity index (χ4n) is 1.53. The van der Waals surface area contributed by atoms with Gasteiger partial charge in [-0.25, -0.2) is 13.4 Å². The highest BCUT2D eigenvalue weighted by Gasteiger charge is 2.12. The molecule has 6 heteroatoms. The van der Waals surface area contributed by atoms with Crippen molar-refractivity contribution in [3.63, 3.8) is 0 Å². The Hall–Kier alpha value is -2.39.